The molecule has 0 atom stereocenters. The largest absolute Gasteiger partial charge is 0.348 e. The minimum atomic E-state index is -3.52. The Labute approximate surface area is 114 Å². The third-order valence-corrected chi connectivity index (χ3v) is 4.49. The zero-order valence-electron chi connectivity index (χ0n) is 11.7. The Morgan fingerprint density at radius 3 is 2.42 bits per heavy atom. The van der Waals surface area contributed by atoms with Gasteiger partial charge >= 0.3 is 0 Å². The fraction of sp³-hybridized carbons (Fsp3) is 0.583. The molecule has 108 valence electrons. The Bertz CT molecular complexity index is 545. The van der Waals surface area contributed by atoms with E-state index in [1.807, 2.05) is 13.8 Å². The topological polar surface area (TPSA) is 80.2 Å². The van der Waals surface area contributed by atoms with E-state index in [0.717, 1.165) is 12.8 Å². The second-order valence-corrected chi connectivity index (χ2v) is 6.25. The van der Waals surface area contributed by atoms with Gasteiger partial charge in [0.2, 0.25) is 10.0 Å². The van der Waals surface area contributed by atoms with E-state index in [1.54, 1.807) is 7.05 Å². The summed E-state index contributed by atoms with van der Waals surface area (Å²) in [6, 6.07) is 1.48. The molecule has 6 nitrogen and oxygen atoms in total. The maximum Gasteiger partial charge on any atom is 0.268 e. The molecule has 1 rings (SSSR count). The van der Waals surface area contributed by atoms with Gasteiger partial charge in [0.05, 0.1) is 0 Å². The molecule has 1 amide bonds. The zero-order chi connectivity index (χ0) is 14.6. The number of aromatic nitrogens is 1. The molecule has 1 heterocycles. The predicted molar refractivity (Wildman–Crippen MR) is 73.5 cm³/mol. The summed E-state index contributed by atoms with van der Waals surface area (Å²) in [5.74, 6) is -0.256. The van der Waals surface area contributed by atoms with Gasteiger partial charge in [0.1, 0.15) is 10.6 Å². The van der Waals surface area contributed by atoms with Crippen LogP contribution in [-0.2, 0) is 17.1 Å². The van der Waals surface area contributed by atoms with Gasteiger partial charge in [-0.2, -0.15) is 0 Å². The van der Waals surface area contributed by atoms with Crippen molar-refractivity contribution in [1.29, 1.82) is 0 Å². The molecule has 0 aliphatic carbocycles. The van der Waals surface area contributed by atoms with E-state index in [1.165, 1.54) is 23.9 Å². The van der Waals surface area contributed by atoms with Crippen LogP contribution in [-0.4, -0.2) is 32.0 Å². The van der Waals surface area contributed by atoms with E-state index in [2.05, 4.69) is 10.0 Å². The van der Waals surface area contributed by atoms with Crippen LogP contribution < -0.4 is 10.0 Å². The number of nitrogens with zero attached hydrogens (tertiary/aromatic N) is 1. The number of carbonyl (C=O) groups is 1. The first-order chi connectivity index (χ1) is 8.85. The number of sulfonamides is 1. The highest BCUT2D eigenvalue weighted by Crippen LogP contribution is 2.13. The van der Waals surface area contributed by atoms with Crippen LogP contribution in [0.1, 0.15) is 37.2 Å². The average Bonchev–Trinajstić information content (AvgIpc) is 2.78. The van der Waals surface area contributed by atoms with Crippen molar-refractivity contribution in [1.82, 2.24) is 14.6 Å². The molecule has 0 fully saturated rings. The second kappa shape index (κ2) is 6.21. The van der Waals surface area contributed by atoms with E-state index >= 15 is 0 Å². The molecule has 0 radical (unpaired) electrons. The Morgan fingerprint density at radius 1 is 1.37 bits per heavy atom. The lowest BCUT2D eigenvalue weighted by Crippen LogP contribution is -2.34. The first-order valence-corrected chi connectivity index (χ1v) is 7.74. The molecule has 0 saturated heterocycles. The van der Waals surface area contributed by atoms with Gasteiger partial charge in [-0.25, -0.2) is 13.1 Å². The molecule has 0 aliphatic rings. The van der Waals surface area contributed by atoms with Gasteiger partial charge in [-0.3, -0.25) is 4.79 Å². The molecular formula is C12H21N3O3S. The molecule has 0 aliphatic heterocycles. The number of rotatable bonds is 6. The van der Waals surface area contributed by atoms with Crippen molar-refractivity contribution >= 4 is 15.9 Å². The molecule has 1 aromatic rings. The van der Waals surface area contributed by atoms with Crippen LogP contribution in [0.4, 0.5) is 0 Å². The quantitative estimate of drug-likeness (QED) is 0.814. The third-order valence-electron chi connectivity index (χ3n) is 3.11. The molecule has 0 aromatic carbocycles. The number of hydrogen-bond acceptors (Lipinski definition) is 3. The summed E-state index contributed by atoms with van der Waals surface area (Å²) in [7, 11) is -0.535. The van der Waals surface area contributed by atoms with E-state index < -0.39 is 10.0 Å². The van der Waals surface area contributed by atoms with Gasteiger partial charge in [-0.1, -0.05) is 13.8 Å². The van der Waals surface area contributed by atoms with Crippen LogP contribution in [0.15, 0.2) is 17.2 Å². The zero-order valence-corrected chi connectivity index (χ0v) is 12.5. The van der Waals surface area contributed by atoms with E-state index in [-0.39, 0.29) is 16.8 Å². The fourth-order valence-corrected chi connectivity index (χ4v) is 2.58. The minimum absolute atomic E-state index is 0.0900. The van der Waals surface area contributed by atoms with Gasteiger partial charge in [0.15, 0.2) is 0 Å². The average molecular weight is 287 g/mol. The summed E-state index contributed by atoms with van der Waals surface area (Å²) in [6.07, 6.45) is 3.11. The molecule has 0 unspecified atom stereocenters. The summed E-state index contributed by atoms with van der Waals surface area (Å²) in [5.41, 5.74) is 0.334. The van der Waals surface area contributed by atoms with Gasteiger partial charge in [0, 0.05) is 19.3 Å². The monoisotopic (exact) mass is 287 g/mol. The van der Waals surface area contributed by atoms with Crippen LogP contribution in [0, 0.1) is 0 Å². The van der Waals surface area contributed by atoms with Gasteiger partial charge < -0.3 is 9.88 Å². The van der Waals surface area contributed by atoms with Crippen molar-refractivity contribution < 1.29 is 13.2 Å². The molecule has 19 heavy (non-hydrogen) atoms. The highest BCUT2D eigenvalue weighted by molar-refractivity contribution is 7.89. The van der Waals surface area contributed by atoms with Gasteiger partial charge in [0.25, 0.3) is 5.91 Å². The summed E-state index contributed by atoms with van der Waals surface area (Å²) in [4.78, 5) is 12.2. The van der Waals surface area contributed by atoms with Crippen LogP contribution in [0.2, 0.25) is 0 Å². The van der Waals surface area contributed by atoms with Crippen molar-refractivity contribution in [2.24, 2.45) is 7.05 Å². The molecule has 0 bridgehead atoms. The predicted octanol–water partition coefficient (Wildman–Crippen LogP) is 0.852. The standard InChI is InChI=1S/C12H21N3O3S/c1-5-9(6-2)14-12(16)11-7-10(8-15(11)4)19(17,18)13-3/h7-9,13H,5-6H2,1-4H3,(H,14,16). The lowest BCUT2D eigenvalue weighted by atomic mass is 10.1. The smallest absolute Gasteiger partial charge is 0.268 e. The highest BCUT2D eigenvalue weighted by atomic mass is 32.2. The Kier molecular flexibility index (Phi) is 5.13. The Morgan fingerprint density at radius 2 is 1.95 bits per heavy atom. The van der Waals surface area contributed by atoms with Crippen molar-refractivity contribution in [3.05, 3.63) is 18.0 Å². The lowest BCUT2D eigenvalue weighted by molar-refractivity contribution is 0.0926. The number of amides is 1. The number of hydrogen-bond donors (Lipinski definition) is 2. The van der Waals surface area contributed by atoms with Gasteiger partial charge in [-0.05, 0) is 26.0 Å². The van der Waals surface area contributed by atoms with Crippen LogP contribution in [0.3, 0.4) is 0 Å². The van der Waals surface area contributed by atoms with Crippen LogP contribution in [0.25, 0.3) is 0 Å². The molecule has 1 aromatic heterocycles. The third kappa shape index (κ3) is 3.57. The fourth-order valence-electron chi connectivity index (χ4n) is 1.78. The number of nitrogens with one attached hydrogen (secondary N) is 2. The summed E-state index contributed by atoms with van der Waals surface area (Å²) in [5, 5.41) is 2.88. The normalized spacial score (nSPS) is 11.8. The van der Waals surface area contributed by atoms with Crippen molar-refractivity contribution in [2.75, 3.05) is 7.05 Å². The van der Waals surface area contributed by atoms with E-state index in [0.29, 0.717) is 5.69 Å². The van der Waals surface area contributed by atoms with Gasteiger partial charge in [-0.15, -0.1) is 0 Å². The van der Waals surface area contributed by atoms with Crippen molar-refractivity contribution in [3.63, 3.8) is 0 Å². The Balaban J connectivity index is 3.00. The lowest BCUT2D eigenvalue weighted by Gasteiger charge is -2.14. The molecule has 0 saturated carbocycles. The molecule has 2 N–H and O–H groups in total. The minimum Gasteiger partial charge on any atom is -0.348 e. The first kappa shape index (κ1) is 15.7. The maximum absolute atomic E-state index is 12.1. The summed E-state index contributed by atoms with van der Waals surface area (Å²) < 4.78 is 27.1. The molecular weight excluding hydrogens is 266 g/mol. The maximum atomic E-state index is 12.1. The first-order valence-electron chi connectivity index (χ1n) is 6.26. The molecule has 7 heteroatoms. The second-order valence-electron chi connectivity index (χ2n) is 4.37. The Hall–Kier alpha value is -1.34. The van der Waals surface area contributed by atoms with E-state index in [9.17, 15) is 13.2 Å². The van der Waals surface area contributed by atoms with Crippen LogP contribution in [0.5, 0.6) is 0 Å². The van der Waals surface area contributed by atoms with E-state index in [4.69, 9.17) is 0 Å². The highest BCUT2D eigenvalue weighted by Gasteiger charge is 2.20. The SMILES string of the molecule is CCC(CC)NC(=O)c1cc(S(=O)(=O)NC)cn1C. The van der Waals surface area contributed by atoms with Crippen LogP contribution >= 0.6 is 0 Å². The summed E-state index contributed by atoms with van der Waals surface area (Å²) in [6.45, 7) is 3.99. The van der Waals surface area contributed by atoms with Crippen molar-refractivity contribution in [2.45, 2.75) is 37.6 Å². The van der Waals surface area contributed by atoms with Crippen molar-refractivity contribution in [3.8, 4) is 0 Å². The molecule has 0 spiro atoms. The number of aryl methyl sites for hydroxylation is 1. The number of carbonyl (C=O) groups excluding carboxylic acids is 1. The summed E-state index contributed by atoms with van der Waals surface area (Å²) >= 11 is 0.